The monoisotopic (exact) mass is 295 g/mol. The molecule has 8 nitrogen and oxygen atoms in total. The zero-order valence-corrected chi connectivity index (χ0v) is 11.8. The number of carbonyl (C=O) groups is 3. The molecule has 1 amide bonds. The number of carboxylic acids is 2. The van der Waals surface area contributed by atoms with E-state index in [2.05, 4.69) is 5.10 Å². The molecule has 0 spiro atoms. The first-order valence-electron chi connectivity index (χ1n) is 6.56. The molecule has 0 aromatic carbocycles. The van der Waals surface area contributed by atoms with Gasteiger partial charge in [0.15, 0.2) is 0 Å². The Bertz CT molecular complexity index is 595. The van der Waals surface area contributed by atoms with Gasteiger partial charge in [-0.2, -0.15) is 5.10 Å². The Hall–Kier alpha value is -2.38. The number of hydrogen-bond acceptors (Lipinski definition) is 4. The fourth-order valence-electron chi connectivity index (χ4n) is 2.66. The van der Waals surface area contributed by atoms with Crippen molar-refractivity contribution >= 4 is 17.8 Å². The number of nitrogens with zero attached hydrogens (tertiary/aromatic N) is 3. The molecule has 1 aromatic heterocycles. The SMILES string of the molecule is Cc1nn(C)cc1C(=O)N1CCC(C(=O)O)C(C(=O)O)C1. The third-order valence-corrected chi connectivity index (χ3v) is 3.78. The summed E-state index contributed by atoms with van der Waals surface area (Å²) in [4.78, 5) is 36.1. The van der Waals surface area contributed by atoms with Crippen molar-refractivity contribution in [1.82, 2.24) is 14.7 Å². The Morgan fingerprint density at radius 2 is 1.86 bits per heavy atom. The molecular weight excluding hydrogens is 278 g/mol. The summed E-state index contributed by atoms with van der Waals surface area (Å²) in [6.45, 7) is 1.83. The number of likely N-dealkylation sites (tertiary alicyclic amines) is 1. The largest absolute Gasteiger partial charge is 0.481 e. The molecule has 2 rings (SSSR count). The second-order valence-electron chi connectivity index (χ2n) is 5.23. The van der Waals surface area contributed by atoms with Gasteiger partial charge < -0.3 is 15.1 Å². The van der Waals surface area contributed by atoms with E-state index in [1.807, 2.05) is 0 Å². The third kappa shape index (κ3) is 2.88. The molecule has 1 saturated heterocycles. The molecule has 8 heteroatoms. The van der Waals surface area contributed by atoms with Gasteiger partial charge in [0.05, 0.1) is 23.1 Å². The Labute approximate surface area is 121 Å². The van der Waals surface area contributed by atoms with Gasteiger partial charge in [-0.1, -0.05) is 0 Å². The van der Waals surface area contributed by atoms with E-state index >= 15 is 0 Å². The maximum absolute atomic E-state index is 12.4. The lowest BCUT2D eigenvalue weighted by molar-refractivity contribution is -0.156. The number of piperidine rings is 1. The summed E-state index contributed by atoms with van der Waals surface area (Å²) in [7, 11) is 1.69. The summed E-state index contributed by atoms with van der Waals surface area (Å²) < 4.78 is 1.52. The highest BCUT2D eigenvalue weighted by Gasteiger charge is 2.40. The van der Waals surface area contributed by atoms with Crippen LogP contribution in [0.3, 0.4) is 0 Å². The predicted molar refractivity (Wildman–Crippen MR) is 70.7 cm³/mol. The van der Waals surface area contributed by atoms with Crippen molar-refractivity contribution in [2.24, 2.45) is 18.9 Å². The third-order valence-electron chi connectivity index (χ3n) is 3.78. The number of aryl methyl sites for hydroxylation is 2. The second-order valence-corrected chi connectivity index (χ2v) is 5.23. The zero-order valence-electron chi connectivity index (χ0n) is 11.8. The quantitative estimate of drug-likeness (QED) is 0.810. The van der Waals surface area contributed by atoms with Crippen molar-refractivity contribution in [2.75, 3.05) is 13.1 Å². The molecule has 1 aliphatic heterocycles. The lowest BCUT2D eigenvalue weighted by Crippen LogP contribution is -2.48. The van der Waals surface area contributed by atoms with Gasteiger partial charge in [-0.05, 0) is 13.3 Å². The van der Waals surface area contributed by atoms with Gasteiger partial charge in [-0.3, -0.25) is 19.1 Å². The molecular formula is C13H17N3O5. The minimum atomic E-state index is -1.19. The predicted octanol–water partition coefficient (Wildman–Crippen LogP) is -0.0240. The van der Waals surface area contributed by atoms with E-state index in [1.165, 1.54) is 9.58 Å². The van der Waals surface area contributed by atoms with Crippen molar-refractivity contribution in [3.8, 4) is 0 Å². The standard InChI is InChI=1S/C13H17N3O5/c1-7-9(5-15(2)14-7)11(17)16-4-3-8(12(18)19)10(6-16)13(20)21/h5,8,10H,3-4,6H2,1-2H3,(H,18,19)(H,20,21). The smallest absolute Gasteiger partial charge is 0.309 e. The minimum Gasteiger partial charge on any atom is -0.481 e. The van der Waals surface area contributed by atoms with Crippen LogP contribution >= 0.6 is 0 Å². The van der Waals surface area contributed by atoms with Gasteiger partial charge in [0.1, 0.15) is 0 Å². The van der Waals surface area contributed by atoms with Crippen molar-refractivity contribution in [3.05, 3.63) is 17.5 Å². The zero-order chi connectivity index (χ0) is 15.7. The van der Waals surface area contributed by atoms with E-state index in [-0.39, 0.29) is 25.4 Å². The van der Waals surface area contributed by atoms with Crippen molar-refractivity contribution < 1.29 is 24.6 Å². The normalized spacial score (nSPS) is 22.1. The van der Waals surface area contributed by atoms with Crippen molar-refractivity contribution in [3.63, 3.8) is 0 Å². The molecule has 21 heavy (non-hydrogen) atoms. The fraction of sp³-hybridized carbons (Fsp3) is 0.538. The number of carbonyl (C=O) groups excluding carboxylic acids is 1. The van der Waals surface area contributed by atoms with E-state index in [0.29, 0.717) is 11.3 Å². The number of rotatable bonds is 3. The van der Waals surface area contributed by atoms with E-state index in [4.69, 9.17) is 10.2 Å². The number of aliphatic carboxylic acids is 2. The van der Waals surface area contributed by atoms with Crippen molar-refractivity contribution in [2.45, 2.75) is 13.3 Å². The number of hydrogen-bond donors (Lipinski definition) is 2. The first-order valence-corrected chi connectivity index (χ1v) is 6.56. The van der Waals surface area contributed by atoms with E-state index in [0.717, 1.165) is 0 Å². The summed E-state index contributed by atoms with van der Waals surface area (Å²) in [5.74, 6) is -4.68. The molecule has 0 bridgehead atoms. The van der Waals surface area contributed by atoms with Crippen LogP contribution in [0.1, 0.15) is 22.5 Å². The van der Waals surface area contributed by atoms with E-state index in [9.17, 15) is 14.4 Å². The van der Waals surface area contributed by atoms with Gasteiger partial charge in [-0.15, -0.1) is 0 Å². The van der Waals surface area contributed by atoms with Crippen LogP contribution in [0, 0.1) is 18.8 Å². The van der Waals surface area contributed by atoms with E-state index < -0.39 is 23.8 Å². The summed E-state index contributed by atoms with van der Waals surface area (Å²) >= 11 is 0. The number of aromatic nitrogens is 2. The van der Waals surface area contributed by atoms with Gasteiger partial charge in [-0.25, -0.2) is 0 Å². The van der Waals surface area contributed by atoms with E-state index in [1.54, 1.807) is 20.2 Å². The minimum absolute atomic E-state index is 0.0978. The van der Waals surface area contributed by atoms with Crippen LogP contribution in [-0.2, 0) is 16.6 Å². The highest BCUT2D eigenvalue weighted by atomic mass is 16.4. The summed E-state index contributed by atoms with van der Waals surface area (Å²) in [5, 5.41) is 22.3. The number of amides is 1. The second kappa shape index (κ2) is 5.55. The first-order chi connectivity index (χ1) is 9.81. The number of carboxylic acid groups (broad SMARTS) is 2. The van der Waals surface area contributed by atoms with Crippen LogP contribution < -0.4 is 0 Å². The average Bonchev–Trinajstić information content (AvgIpc) is 2.76. The summed E-state index contributed by atoms with van der Waals surface area (Å²) in [6.07, 6.45) is 1.72. The highest BCUT2D eigenvalue weighted by molar-refractivity contribution is 5.95. The van der Waals surface area contributed by atoms with Crippen LogP contribution in [0.4, 0.5) is 0 Å². The van der Waals surface area contributed by atoms with Gasteiger partial charge in [0, 0.05) is 26.3 Å². The van der Waals surface area contributed by atoms with Gasteiger partial charge in [0.2, 0.25) is 0 Å². The molecule has 2 atom stereocenters. The molecule has 114 valence electrons. The Morgan fingerprint density at radius 1 is 1.24 bits per heavy atom. The fourth-order valence-corrected chi connectivity index (χ4v) is 2.66. The average molecular weight is 295 g/mol. The lowest BCUT2D eigenvalue weighted by atomic mass is 9.85. The van der Waals surface area contributed by atoms with Gasteiger partial charge in [0.25, 0.3) is 5.91 Å². The molecule has 0 saturated carbocycles. The maximum Gasteiger partial charge on any atom is 0.309 e. The van der Waals surface area contributed by atoms with Gasteiger partial charge >= 0.3 is 11.9 Å². The Kier molecular flexibility index (Phi) is 3.97. The van der Waals surface area contributed by atoms with Crippen molar-refractivity contribution in [1.29, 1.82) is 0 Å². The molecule has 1 aliphatic rings. The summed E-state index contributed by atoms with van der Waals surface area (Å²) in [5.41, 5.74) is 0.977. The molecule has 2 unspecified atom stereocenters. The lowest BCUT2D eigenvalue weighted by Gasteiger charge is -2.34. The molecule has 0 aliphatic carbocycles. The Balaban J connectivity index is 2.19. The molecule has 2 N–H and O–H groups in total. The van der Waals surface area contributed by atoms with Crippen LogP contribution in [-0.4, -0.2) is 55.8 Å². The maximum atomic E-state index is 12.4. The van der Waals surface area contributed by atoms with Crippen LogP contribution in [0.25, 0.3) is 0 Å². The molecule has 2 heterocycles. The van der Waals surface area contributed by atoms with Crippen LogP contribution in [0.5, 0.6) is 0 Å². The topological polar surface area (TPSA) is 113 Å². The molecule has 1 fully saturated rings. The molecule has 1 aromatic rings. The van der Waals surface area contributed by atoms with Crippen LogP contribution in [0.2, 0.25) is 0 Å². The molecule has 0 radical (unpaired) electrons. The first kappa shape index (κ1) is 15.0. The highest BCUT2D eigenvalue weighted by Crippen LogP contribution is 2.26. The summed E-state index contributed by atoms with van der Waals surface area (Å²) in [6, 6.07) is 0. The van der Waals surface area contributed by atoms with Crippen LogP contribution in [0.15, 0.2) is 6.20 Å². The Morgan fingerprint density at radius 3 is 2.33 bits per heavy atom.